The molecule has 86 valence electrons. The van der Waals surface area contributed by atoms with Crippen molar-refractivity contribution in [2.24, 2.45) is 0 Å². The van der Waals surface area contributed by atoms with E-state index < -0.39 is 6.10 Å². The predicted octanol–water partition coefficient (Wildman–Crippen LogP) is 1.64. The van der Waals surface area contributed by atoms with Crippen molar-refractivity contribution in [1.29, 1.82) is 0 Å². The Morgan fingerprint density at radius 1 is 1.40 bits per heavy atom. The predicted molar refractivity (Wildman–Crippen MR) is 63.1 cm³/mol. The van der Waals surface area contributed by atoms with Crippen LogP contribution in [0.15, 0.2) is 0 Å². The summed E-state index contributed by atoms with van der Waals surface area (Å²) in [7, 11) is 0. The Kier molecular flexibility index (Phi) is 4.22. The third kappa shape index (κ3) is 3.57. The highest BCUT2D eigenvalue weighted by atomic mass is 32.2. The largest absolute Gasteiger partial charge is 0.462 e. The van der Waals surface area contributed by atoms with Gasteiger partial charge in [-0.25, -0.2) is 0 Å². The second-order valence-electron chi connectivity index (χ2n) is 3.97. The molecule has 0 unspecified atom stereocenters. The second-order valence-corrected chi connectivity index (χ2v) is 6.89. The Labute approximate surface area is 98.3 Å². The summed E-state index contributed by atoms with van der Waals surface area (Å²) in [6.07, 6.45) is 2.39. The molecule has 0 aromatic carbocycles. The number of ether oxygens (including phenoxy) is 1. The van der Waals surface area contributed by atoms with E-state index in [2.05, 4.69) is 0 Å². The minimum Gasteiger partial charge on any atom is -0.462 e. The Balaban J connectivity index is 1.79. The molecule has 2 rings (SSSR count). The number of thioether (sulfide) groups is 2. The van der Waals surface area contributed by atoms with E-state index in [-0.39, 0.29) is 18.5 Å². The second kappa shape index (κ2) is 5.46. The van der Waals surface area contributed by atoms with Gasteiger partial charge in [0.15, 0.2) is 0 Å². The average Bonchev–Trinajstić information content (AvgIpc) is 2.17. The van der Waals surface area contributed by atoms with Gasteiger partial charge in [0.2, 0.25) is 0 Å². The molecule has 2 aliphatic heterocycles. The topological polar surface area (TPSA) is 46.5 Å². The summed E-state index contributed by atoms with van der Waals surface area (Å²) in [5, 5.41) is 9.47. The van der Waals surface area contributed by atoms with Crippen molar-refractivity contribution in [2.45, 2.75) is 42.5 Å². The molecule has 5 heteroatoms. The number of hydrogen-bond acceptors (Lipinski definition) is 5. The van der Waals surface area contributed by atoms with Gasteiger partial charge in [-0.3, -0.25) is 4.79 Å². The summed E-state index contributed by atoms with van der Waals surface area (Å²) < 4.78 is 5.78. The summed E-state index contributed by atoms with van der Waals surface area (Å²) in [6.45, 7) is 0. The lowest BCUT2D eigenvalue weighted by Gasteiger charge is -2.30. The minimum atomic E-state index is -0.491. The maximum Gasteiger partial charge on any atom is 0.308 e. The molecule has 0 bridgehead atoms. The van der Waals surface area contributed by atoms with Crippen molar-refractivity contribution in [2.75, 3.05) is 11.5 Å². The first-order valence-electron chi connectivity index (χ1n) is 5.35. The van der Waals surface area contributed by atoms with E-state index in [1.54, 1.807) is 0 Å². The van der Waals surface area contributed by atoms with Gasteiger partial charge in [0, 0.05) is 12.8 Å². The molecule has 3 nitrogen and oxygen atoms in total. The van der Waals surface area contributed by atoms with E-state index in [1.165, 1.54) is 17.9 Å². The maximum atomic E-state index is 11.1. The van der Waals surface area contributed by atoms with Gasteiger partial charge < -0.3 is 9.84 Å². The molecule has 0 amide bonds. The van der Waals surface area contributed by atoms with Crippen LogP contribution >= 0.6 is 23.5 Å². The van der Waals surface area contributed by atoms with E-state index in [1.807, 2.05) is 23.5 Å². The van der Waals surface area contributed by atoms with E-state index in [0.29, 0.717) is 11.0 Å². The SMILES string of the molecule is O=C1C[C@H](O)C[C@H](CC2SCCCS2)O1. The molecule has 1 N–H and O–H groups in total. The molecule has 2 heterocycles. The molecule has 15 heavy (non-hydrogen) atoms. The Bertz CT molecular complexity index is 229. The lowest BCUT2D eigenvalue weighted by molar-refractivity contribution is -0.160. The number of cyclic esters (lactones) is 1. The lowest BCUT2D eigenvalue weighted by atomic mass is 10.0. The van der Waals surface area contributed by atoms with E-state index in [4.69, 9.17) is 4.74 Å². The van der Waals surface area contributed by atoms with Gasteiger partial charge in [-0.05, 0) is 17.9 Å². The fraction of sp³-hybridized carbons (Fsp3) is 0.900. The highest BCUT2D eigenvalue weighted by Gasteiger charge is 2.30. The maximum absolute atomic E-state index is 11.1. The Morgan fingerprint density at radius 3 is 2.80 bits per heavy atom. The Hall–Kier alpha value is 0.130. The molecule has 0 saturated carbocycles. The van der Waals surface area contributed by atoms with Crippen LogP contribution in [0.5, 0.6) is 0 Å². The van der Waals surface area contributed by atoms with Gasteiger partial charge in [0.1, 0.15) is 6.10 Å². The lowest BCUT2D eigenvalue weighted by Crippen LogP contribution is -2.34. The standard InChI is InChI=1S/C10H16O3S2/c11-7-4-8(13-9(12)5-7)6-10-14-2-1-3-15-10/h7-8,10-11H,1-6H2/t7-,8-/m1/s1. The highest BCUT2D eigenvalue weighted by Crippen LogP contribution is 2.35. The van der Waals surface area contributed by atoms with Crippen molar-refractivity contribution in [3.63, 3.8) is 0 Å². The number of aliphatic hydroxyl groups excluding tert-OH is 1. The monoisotopic (exact) mass is 248 g/mol. The number of hydrogen-bond donors (Lipinski definition) is 1. The first kappa shape index (κ1) is 11.6. The molecule has 2 saturated heterocycles. The number of carbonyl (C=O) groups is 1. The van der Waals surface area contributed by atoms with Gasteiger partial charge in [0.05, 0.1) is 17.1 Å². The third-order valence-corrected chi connectivity index (χ3v) is 5.58. The molecular weight excluding hydrogens is 232 g/mol. The summed E-state index contributed by atoms with van der Waals surface area (Å²) in [5.41, 5.74) is 0. The molecule has 2 fully saturated rings. The van der Waals surface area contributed by atoms with Crippen molar-refractivity contribution >= 4 is 29.5 Å². The first-order chi connectivity index (χ1) is 7.24. The van der Waals surface area contributed by atoms with Crippen LogP contribution in [0.1, 0.15) is 25.7 Å². The Morgan fingerprint density at radius 2 is 2.13 bits per heavy atom. The van der Waals surface area contributed by atoms with Crippen LogP contribution in [-0.2, 0) is 9.53 Å². The molecule has 0 aliphatic carbocycles. The molecular formula is C10H16O3S2. The number of carbonyl (C=O) groups excluding carboxylic acids is 1. The summed E-state index contributed by atoms with van der Waals surface area (Å²) >= 11 is 3.90. The highest BCUT2D eigenvalue weighted by molar-refractivity contribution is 8.17. The molecule has 2 aliphatic rings. The van der Waals surface area contributed by atoms with E-state index in [9.17, 15) is 9.90 Å². The van der Waals surface area contributed by atoms with Gasteiger partial charge in [-0.15, -0.1) is 23.5 Å². The van der Waals surface area contributed by atoms with Gasteiger partial charge in [-0.2, -0.15) is 0 Å². The van der Waals surface area contributed by atoms with Crippen LogP contribution in [0.4, 0.5) is 0 Å². The molecule has 0 spiro atoms. The normalized spacial score (nSPS) is 33.8. The smallest absolute Gasteiger partial charge is 0.308 e. The van der Waals surface area contributed by atoms with E-state index in [0.717, 1.165) is 6.42 Å². The van der Waals surface area contributed by atoms with E-state index >= 15 is 0 Å². The van der Waals surface area contributed by atoms with Gasteiger partial charge in [-0.1, -0.05) is 0 Å². The van der Waals surface area contributed by atoms with Gasteiger partial charge in [0.25, 0.3) is 0 Å². The summed E-state index contributed by atoms with van der Waals surface area (Å²) in [6, 6.07) is 0. The zero-order chi connectivity index (χ0) is 10.7. The van der Waals surface area contributed by atoms with Crippen molar-refractivity contribution in [1.82, 2.24) is 0 Å². The minimum absolute atomic E-state index is 0.0654. The quantitative estimate of drug-likeness (QED) is 0.753. The van der Waals surface area contributed by atoms with Crippen molar-refractivity contribution < 1.29 is 14.6 Å². The zero-order valence-corrected chi connectivity index (χ0v) is 10.2. The van der Waals surface area contributed by atoms with Crippen LogP contribution in [0.2, 0.25) is 0 Å². The summed E-state index contributed by atoms with van der Waals surface area (Å²) in [5.74, 6) is 2.17. The molecule has 0 aromatic heterocycles. The van der Waals surface area contributed by atoms with Crippen LogP contribution in [0.3, 0.4) is 0 Å². The van der Waals surface area contributed by atoms with Crippen molar-refractivity contribution in [3.05, 3.63) is 0 Å². The fourth-order valence-corrected chi connectivity index (χ4v) is 4.89. The van der Waals surface area contributed by atoms with Crippen LogP contribution in [-0.4, -0.2) is 39.4 Å². The number of rotatable bonds is 2. The van der Waals surface area contributed by atoms with Crippen molar-refractivity contribution in [3.8, 4) is 0 Å². The molecule has 0 radical (unpaired) electrons. The first-order valence-corrected chi connectivity index (χ1v) is 7.44. The number of aliphatic hydroxyl groups is 1. The summed E-state index contributed by atoms with van der Waals surface area (Å²) in [4.78, 5) is 11.1. The van der Waals surface area contributed by atoms with Crippen LogP contribution in [0.25, 0.3) is 0 Å². The van der Waals surface area contributed by atoms with Gasteiger partial charge >= 0.3 is 5.97 Å². The molecule has 2 atom stereocenters. The third-order valence-electron chi connectivity index (χ3n) is 2.59. The van der Waals surface area contributed by atoms with Crippen LogP contribution in [0, 0.1) is 0 Å². The average molecular weight is 248 g/mol. The molecule has 0 aromatic rings. The zero-order valence-electron chi connectivity index (χ0n) is 8.55. The fourth-order valence-electron chi connectivity index (χ4n) is 1.89. The number of esters is 1. The van der Waals surface area contributed by atoms with Crippen LogP contribution < -0.4 is 0 Å².